The summed E-state index contributed by atoms with van der Waals surface area (Å²) in [5.41, 5.74) is 2.13. The van der Waals surface area contributed by atoms with Gasteiger partial charge in [-0.2, -0.15) is 0 Å². The van der Waals surface area contributed by atoms with Gasteiger partial charge in [0.15, 0.2) is 0 Å². The van der Waals surface area contributed by atoms with Crippen LogP contribution in [0.2, 0.25) is 0 Å². The van der Waals surface area contributed by atoms with Gasteiger partial charge in [0, 0.05) is 17.2 Å². The molecule has 1 aromatic carbocycles. The third-order valence-electron chi connectivity index (χ3n) is 3.24. The molecule has 0 unspecified atom stereocenters. The van der Waals surface area contributed by atoms with Crippen LogP contribution in [0.5, 0.6) is 0 Å². The van der Waals surface area contributed by atoms with Gasteiger partial charge < -0.3 is 9.64 Å². The number of amides is 1. The third-order valence-corrected chi connectivity index (χ3v) is 3.77. The number of esters is 1. The van der Waals surface area contributed by atoms with Crippen molar-refractivity contribution in [3.63, 3.8) is 0 Å². The van der Waals surface area contributed by atoms with E-state index in [1.165, 1.54) is 12.0 Å². The highest BCUT2D eigenvalue weighted by Gasteiger charge is 2.34. The standard InChI is InChI=1S/C15H14BrNO3/c1-9-13(15(19)20-3)12(14(18)17(9)2)8-10-4-6-11(16)7-5-10/h4-8H,1-3H3/b12-8-. The Bertz CT molecular complexity index is 629. The van der Waals surface area contributed by atoms with E-state index < -0.39 is 5.97 Å². The number of hydrogen-bond donors (Lipinski definition) is 0. The Kier molecular flexibility index (Phi) is 4.09. The van der Waals surface area contributed by atoms with Crippen LogP contribution in [0.4, 0.5) is 0 Å². The van der Waals surface area contributed by atoms with E-state index in [1.54, 1.807) is 20.0 Å². The largest absolute Gasteiger partial charge is 0.465 e. The molecular weight excluding hydrogens is 322 g/mol. The van der Waals surface area contributed by atoms with Gasteiger partial charge in [-0.05, 0) is 30.7 Å². The van der Waals surface area contributed by atoms with Crippen LogP contribution < -0.4 is 0 Å². The van der Waals surface area contributed by atoms with Gasteiger partial charge in [0.2, 0.25) is 0 Å². The smallest absolute Gasteiger partial charge is 0.340 e. The van der Waals surface area contributed by atoms with E-state index in [9.17, 15) is 9.59 Å². The van der Waals surface area contributed by atoms with Gasteiger partial charge in [-0.1, -0.05) is 28.1 Å². The Morgan fingerprint density at radius 2 is 1.90 bits per heavy atom. The molecule has 20 heavy (non-hydrogen) atoms. The monoisotopic (exact) mass is 335 g/mol. The van der Waals surface area contributed by atoms with Crippen molar-refractivity contribution in [2.45, 2.75) is 6.92 Å². The first-order chi connectivity index (χ1) is 9.45. The van der Waals surface area contributed by atoms with Crippen LogP contribution in [0, 0.1) is 0 Å². The number of allylic oxidation sites excluding steroid dienone is 1. The number of likely N-dealkylation sites (N-methyl/N-ethyl adjacent to an activating group) is 1. The number of hydrogen-bond acceptors (Lipinski definition) is 3. The van der Waals surface area contributed by atoms with Gasteiger partial charge >= 0.3 is 5.97 Å². The fraction of sp³-hybridized carbons (Fsp3) is 0.200. The first-order valence-electron chi connectivity index (χ1n) is 6.00. The second kappa shape index (κ2) is 5.63. The maximum atomic E-state index is 12.2. The minimum absolute atomic E-state index is 0.203. The van der Waals surface area contributed by atoms with E-state index in [-0.39, 0.29) is 5.91 Å². The summed E-state index contributed by atoms with van der Waals surface area (Å²) >= 11 is 3.36. The van der Waals surface area contributed by atoms with Gasteiger partial charge in [0.1, 0.15) is 0 Å². The number of halogens is 1. The number of ether oxygens (including phenoxy) is 1. The van der Waals surface area contributed by atoms with Crippen LogP contribution in [-0.4, -0.2) is 30.9 Å². The molecule has 0 fully saturated rings. The zero-order valence-corrected chi connectivity index (χ0v) is 13.0. The van der Waals surface area contributed by atoms with Gasteiger partial charge in [-0.15, -0.1) is 0 Å². The first kappa shape index (κ1) is 14.5. The summed E-state index contributed by atoms with van der Waals surface area (Å²) in [6.45, 7) is 1.73. The van der Waals surface area contributed by atoms with Crippen molar-refractivity contribution in [3.05, 3.63) is 51.1 Å². The molecule has 104 valence electrons. The van der Waals surface area contributed by atoms with Crippen molar-refractivity contribution >= 4 is 33.9 Å². The predicted molar refractivity (Wildman–Crippen MR) is 79.6 cm³/mol. The van der Waals surface area contributed by atoms with Crippen molar-refractivity contribution in [1.82, 2.24) is 4.90 Å². The lowest BCUT2D eigenvalue weighted by atomic mass is 10.0. The maximum Gasteiger partial charge on any atom is 0.340 e. The molecule has 0 atom stereocenters. The van der Waals surface area contributed by atoms with E-state index in [4.69, 9.17) is 4.74 Å². The van der Waals surface area contributed by atoms with Crippen LogP contribution in [0.1, 0.15) is 12.5 Å². The van der Waals surface area contributed by atoms with E-state index in [0.29, 0.717) is 16.8 Å². The lowest BCUT2D eigenvalue weighted by Crippen LogP contribution is -2.19. The maximum absolute atomic E-state index is 12.2. The molecule has 1 heterocycles. The van der Waals surface area contributed by atoms with E-state index in [1.807, 2.05) is 24.3 Å². The number of carbonyl (C=O) groups is 2. The topological polar surface area (TPSA) is 46.6 Å². The van der Waals surface area contributed by atoms with Gasteiger partial charge in [-0.25, -0.2) is 4.79 Å². The van der Waals surface area contributed by atoms with E-state index in [0.717, 1.165) is 10.0 Å². The molecular formula is C15H14BrNO3. The molecule has 4 nitrogen and oxygen atoms in total. The average Bonchev–Trinajstić information content (AvgIpc) is 2.65. The minimum Gasteiger partial charge on any atom is -0.465 e. The molecule has 2 rings (SSSR count). The highest BCUT2D eigenvalue weighted by Crippen LogP contribution is 2.30. The van der Waals surface area contributed by atoms with Crippen molar-refractivity contribution < 1.29 is 14.3 Å². The molecule has 1 aliphatic heterocycles. The van der Waals surface area contributed by atoms with Gasteiger partial charge in [-0.3, -0.25) is 4.79 Å². The minimum atomic E-state index is -0.497. The Labute approximate surface area is 125 Å². The predicted octanol–water partition coefficient (Wildman–Crippen LogP) is 2.75. The van der Waals surface area contributed by atoms with Crippen molar-refractivity contribution in [2.75, 3.05) is 14.2 Å². The summed E-state index contributed by atoms with van der Waals surface area (Å²) in [4.78, 5) is 25.5. The molecule has 1 amide bonds. The summed E-state index contributed by atoms with van der Waals surface area (Å²) in [6, 6.07) is 7.49. The van der Waals surface area contributed by atoms with Crippen LogP contribution in [0.3, 0.4) is 0 Å². The summed E-state index contributed by atoms with van der Waals surface area (Å²) in [6.07, 6.45) is 1.70. The summed E-state index contributed by atoms with van der Waals surface area (Å²) in [5, 5.41) is 0. The fourth-order valence-corrected chi connectivity index (χ4v) is 2.29. The van der Waals surface area contributed by atoms with Crippen LogP contribution >= 0.6 is 15.9 Å². The Hall–Kier alpha value is -1.88. The van der Waals surface area contributed by atoms with Crippen molar-refractivity contribution in [3.8, 4) is 0 Å². The fourth-order valence-electron chi connectivity index (χ4n) is 2.02. The van der Waals surface area contributed by atoms with Gasteiger partial charge in [0.25, 0.3) is 5.91 Å². The molecule has 0 saturated carbocycles. The molecule has 0 spiro atoms. The number of methoxy groups -OCH3 is 1. The zero-order chi connectivity index (χ0) is 14.9. The van der Waals surface area contributed by atoms with Crippen molar-refractivity contribution in [1.29, 1.82) is 0 Å². The molecule has 0 radical (unpaired) electrons. The zero-order valence-electron chi connectivity index (χ0n) is 11.4. The quantitative estimate of drug-likeness (QED) is 0.616. The average molecular weight is 336 g/mol. The van der Waals surface area contributed by atoms with Crippen molar-refractivity contribution in [2.24, 2.45) is 0 Å². The molecule has 0 saturated heterocycles. The highest BCUT2D eigenvalue weighted by molar-refractivity contribution is 9.10. The SMILES string of the molecule is COC(=O)C1=C(C)N(C)C(=O)/C1=C\c1ccc(Br)cc1. The second-order valence-electron chi connectivity index (χ2n) is 4.43. The number of benzene rings is 1. The molecule has 1 aliphatic rings. The number of nitrogens with zero attached hydrogens (tertiary/aromatic N) is 1. The van der Waals surface area contributed by atoms with E-state index >= 15 is 0 Å². The van der Waals surface area contributed by atoms with Crippen LogP contribution in [-0.2, 0) is 14.3 Å². The Morgan fingerprint density at radius 1 is 1.30 bits per heavy atom. The lowest BCUT2D eigenvalue weighted by Gasteiger charge is -2.08. The molecule has 0 bridgehead atoms. The lowest BCUT2D eigenvalue weighted by molar-refractivity contribution is -0.136. The summed E-state index contributed by atoms with van der Waals surface area (Å²) < 4.78 is 5.72. The number of carbonyl (C=O) groups excluding carboxylic acids is 2. The van der Waals surface area contributed by atoms with E-state index in [2.05, 4.69) is 15.9 Å². The normalized spacial score (nSPS) is 17.1. The third kappa shape index (κ3) is 2.54. The second-order valence-corrected chi connectivity index (χ2v) is 5.34. The molecule has 0 aromatic heterocycles. The Balaban J connectivity index is 2.50. The molecule has 0 N–H and O–H groups in total. The Morgan fingerprint density at radius 3 is 2.45 bits per heavy atom. The molecule has 5 heteroatoms. The van der Waals surface area contributed by atoms with Gasteiger partial charge in [0.05, 0.1) is 18.3 Å². The van der Waals surface area contributed by atoms with Crippen LogP contribution in [0.15, 0.2) is 45.6 Å². The summed E-state index contributed by atoms with van der Waals surface area (Å²) in [7, 11) is 2.95. The van der Waals surface area contributed by atoms with Crippen LogP contribution in [0.25, 0.3) is 6.08 Å². The first-order valence-corrected chi connectivity index (χ1v) is 6.80. The summed E-state index contributed by atoms with van der Waals surface area (Å²) in [5.74, 6) is -0.700. The number of rotatable bonds is 2. The highest BCUT2D eigenvalue weighted by atomic mass is 79.9. The molecule has 1 aromatic rings. The molecule has 0 aliphatic carbocycles.